The maximum atomic E-state index is 11.2. The highest BCUT2D eigenvalue weighted by Crippen LogP contribution is 2.33. The summed E-state index contributed by atoms with van der Waals surface area (Å²) in [7, 11) is 1.41. The van der Waals surface area contributed by atoms with Gasteiger partial charge in [0.15, 0.2) is 5.90 Å². The molecule has 0 saturated carbocycles. The van der Waals surface area contributed by atoms with Crippen LogP contribution in [-0.4, -0.2) is 31.6 Å². The topological polar surface area (TPSA) is 47.9 Å². The number of hydrogen-bond acceptors (Lipinski definition) is 4. The van der Waals surface area contributed by atoms with Crippen LogP contribution in [0, 0.1) is 10.8 Å². The van der Waals surface area contributed by atoms with E-state index >= 15 is 0 Å². The van der Waals surface area contributed by atoms with E-state index in [2.05, 4.69) is 44.3 Å². The van der Waals surface area contributed by atoms with Crippen molar-refractivity contribution in [3.05, 3.63) is 0 Å². The van der Waals surface area contributed by atoms with Crippen LogP contribution >= 0.6 is 0 Å². The molecule has 4 nitrogen and oxygen atoms in total. The van der Waals surface area contributed by atoms with Crippen molar-refractivity contribution in [3.8, 4) is 0 Å². The van der Waals surface area contributed by atoms with E-state index in [4.69, 9.17) is 4.74 Å². The van der Waals surface area contributed by atoms with Gasteiger partial charge in [-0.15, -0.1) is 0 Å². The maximum Gasteiger partial charge on any atom is 0.305 e. The molecule has 0 fully saturated rings. The van der Waals surface area contributed by atoms with Crippen molar-refractivity contribution in [1.29, 1.82) is 0 Å². The molecule has 0 spiro atoms. The lowest BCUT2D eigenvalue weighted by Gasteiger charge is -2.23. The minimum atomic E-state index is -0.214. The van der Waals surface area contributed by atoms with E-state index < -0.39 is 0 Å². The fourth-order valence-electron chi connectivity index (χ4n) is 1.81. The molecule has 1 aliphatic heterocycles. The first-order valence-corrected chi connectivity index (χ1v) is 6.45. The molecular weight excluding hydrogens is 230 g/mol. The summed E-state index contributed by atoms with van der Waals surface area (Å²) in [5, 5.41) is 0. The van der Waals surface area contributed by atoms with Crippen LogP contribution in [0.15, 0.2) is 4.99 Å². The number of ether oxygens (including phenoxy) is 2. The van der Waals surface area contributed by atoms with Crippen LogP contribution in [0.25, 0.3) is 0 Å². The zero-order valence-corrected chi connectivity index (χ0v) is 12.4. The van der Waals surface area contributed by atoms with Gasteiger partial charge in [-0.2, -0.15) is 0 Å². The van der Waals surface area contributed by atoms with Crippen molar-refractivity contribution in [1.82, 2.24) is 0 Å². The largest absolute Gasteiger partial charge is 0.478 e. The number of carbonyl (C=O) groups excluding carboxylic acids is 1. The average molecular weight is 255 g/mol. The molecule has 4 heteroatoms. The summed E-state index contributed by atoms with van der Waals surface area (Å²) in [5.41, 5.74) is -0.103. The first-order valence-electron chi connectivity index (χ1n) is 6.45. The predicted octanol–water partition coefficient (Wildman–Crippen LogP) is 2.81. The summed E-state index contributed by atoms with van der Waals surface area (Å²) in [6.07, 6.45) is 1.08. The van der Waals surface area contributed by atoms with Gasteiger partial charge in [-0.3, -0.25) is 4.79 Å². The van der Waals surface area contributed by atoms with Gasteiger partial charge in [0.25, 0.3) is 0 Å². The van der Waals surface area contributed by atoms with Gasteiger partial charge in [-0.25, -0.2) is 4.99 Å². The molecule has 0 bridgehead atoms. The van der Waals surface area contributed by atoms with Crippen molar-refractivity contribution in [2.45, 2.75) is 53.5 Å². The van der Waals surface area contributed by atoms with E-state index in [-0.39, 0.29) is 22.8 Å². The Morgan fingerprint density at radius 3 is 2.44 bits per heavy atom. The Hall–Kier alpha value is -1.06. The number of carbonyl (C=O) groups is 1. The number of nitrogens with zero attached hydrogens (tertiary/aromatic N) is 1. The molecule has 0 amide bonds. The normalized spacial score (nSPS) is 20.3. The van der Waals surface area contributed by atoms with Gasteiger partial charge in [-0.1, -0.05) is 34.6 Å². The van der Waals surface area contributed by atoms with Crippen LogP contribution in [0.1, 0.15) is 47.5 Å². The van der Waals surface area contributed by atoms with E-state index in [1.165, 1.54) is 7.11 Å². The van der Waals surface area contributed by atoms with E-state index in [0.717, 1.165) is 5.90 Å². The van der Waals surface area contributed by atoms with Gasteiger partial charge in [0.2, 0.25) is 0 Å². The van der Waals surface area contributed by atoms with Crippen LogP contribution < -0.4 is 0 Å². The van der Waals surface area contributed by atoms with Crippen molar-refractivity contribution < 1.29 is 14.3 Å². The molecular formula is C14H25NO3. The van der Waals surface area contributed by atoms with Gasteiger partial charge in [0, 0.05) is 11.8 Å². The van der Waals surface area contributed by atoms with Crippen molar-refractivity contribution in [2.24, 2.45) is 15.8 Å². The first-order chi connectivity index (χ1) is 8.16. The number of aliphatic imine (C=N–C) groups is 1. The minimum Gasteiger partial charge on any atom is -0.478 e. The summed E-state index contributed by atoms with van der Waals surface area (Å²) >= 11 is 0. The maximum absolute atomic E-state index is 11.2. The van der Waals surface area contributed by atoms with Gasteiger partial charge in [0.05, 0.1) is 13.2 Å². The van der Waals surface area contributed by atoms with Crippen molar-refractivity contribution in [3.63, 3.8) is 0 Å². The molecule has 0 aliphatic carbocycles. The summed E-state index contributed by atoms with van der Waals surface area (Å²) in [4.78, 5) is 15.9. The van der Waals surface area contributed by atoms with Crippen LogP contribution in [0.3, 0.4) is 0 Å². The van der Waals surface area contributed by atoms with Crippen LogP contribution in [0.5, 0.6) is 0 Å². The van der Waals surface area contributed by atoms with E-state index in [1.807, 2.05) is 0 Å². The highest BCUT2D eigenvalue weighted by atomic mass is 16.5. The van der Waals surface area contributed by atoms with Crippen LogP contribution in [-0.2, 0) is 14.3 Å². The second-order valence-corrected chi connectivity index (χ2v) is 6.59. The van der Waals surface area contributed by atoms with E-state index in [0.29, 0.717) is 19.4 Å². The number of methoxy groups -OCH3 is 1. The smallest absolute Gasteiger partial charge is 0.305 e. The summed E-state index contributed by atoms with van der Waals surface area (Å²) in [6.45, 7) is 11.2. The molecule has 0 aromatic heterocycles. The lowest BCUT2D eigenvalue weighted by Crippen LogP contribution is -2.25. The molecule has 0 saturated heterocycles. The Morgan fingerprint density at radius 1 is 1.39 bits per heavy atom. The predicted molar refractivity (Wildman–Crippen MR) is 71.7 cm³/mol. The van der Waals surface area contributed by atoms with Crippen LogP contribution in [0.2, 0.25) is 0 Å². The van der Waals surface area contributed by atoms with E-state index in [9.17, 15) is 4.79 Å². The summed E-state index contributed by atoms with van der Waals surface area (Å²) in [5.74, 6) is 0.584. The SMILES string of the molecule is COC(=O)CCC(C)(C)C1=N[C@H](C(C)(C)C)CO1. The molecule has 0 aromatic carbocycles. The molecule has 1 atom stereocenters. The zero-order valence-electron chi connectivity index (χ0n) is 12.4. The molecule has 1 aliphatic rings. The van der Waals surface area contributed by atoms with Crippen LogP contribution in [0.4, 0.5) is 0 Å². The Labute approximate surface area is 110 Å². The molecule has 18 heavy (non-hydrogen) atoms. The lowest BCUT2D eigenvalue weighted by molar-refractivity contribution is -0.141. The van der Waals surface area contributed by atoms with Gasteiger partial charge in [-0.05, 0) is 11.8 Å². The molecule has 0 unspecified atom stereocenters. The van der Waals surface area contributed by atoms with Crippen molar-refractivity contribution >= 4 is 11.9 Å². The number of esters is 1. The third-order valence-corrected chi connectivity index (χ3v) is 3.41. The molecule has 0 radical (unpaired) electrons. The number of hydrogen-bond donors (Lipinski definition) is 0. The highest BCUT2D eigenvalue weighted by molar-refractivity contribution is 5.84. The molecule has 1 rings (SSSR count). The highest BCUT2D eigenvalue weighted by Gasteiger charge is 2.36. The molecule has 0 N–H and O–H groups in total. The second-order valence-electron chi connectivity index (χ2n) is 6.59. The Balaban J connectivity index is 2.66. The van der Waals surface area contributed by atoms with Gasteiger partial charge < -0.3 is 9.47 Å². The Kier molecular flexibility index (Phi) is 4.41. The monoisotopic (exact) mass is 255 g/mol. The summed E-state index contributed by atoms with van der Waals surface area (Å²) < 4.78 is 10.4. The molecule has 104 valence electrons. The standard InChI is InChI=1S/C14H25NO3/c1-13(2,3)10-9-18-12(15-10)14(4,5)8-7-11(16)17-6/h10H,7-9H2,1-6H3/t10-/m0/s1. The lowest BCUT2D eigenvalue weighted by atomic mass is 9.86. The van der Waals surface area contributed by atoms with Crippen molar-refractivity contribution in [2.75, 3.05) is 13.7 Å². The fraction of sp³-hybridized carbons (Fsp3) is 0.857. The van der Waals surface area contributed by atoms with Gasteiger partial charge >= 0.3 is 5.97 Å². The second kappa shape index (κ2) is 5.29. The fourth-order valence-corrected chi connectivity index (χ4v) is 1.81. The molecule has 1 heterocycles. The number of rotatable bonds is 4. The third kappa shape index (κ3) is 3.72. The third-order valence-electron chi connectivity index (χ3n) is 3.41. The van der Waals surface area contributed by atoms with Gasteiger partial charge in [0.1, 0.15) is 6.61 Å². The Bertz CT molecular complexity index is 339. The zero-order chi connectivity index (χ0) is 14.0. The molecule has 0 aromatic rings. The quantitative estimate of drug-likeness (QED) is 0.726. The minimum absolute atomic E-state index is 0.111. The average Bonchev–Trinajstić information content (AvgIpc) is 2.75. The van der Waals surface area contributed by atoms with E-state index in [1.54, 1.807) is 0 Å². The first kappa shape index (κ1) is 15.0. The summed E-state index contributed by atoms with van der Waals surface area (Å²) in [6, 6.07) is 0.199. The Morgan fingerprint density at radius 2 is 2.00 bits per heavy atom.